The van der Waals surface area contributed by atoms with Gasteiger partial charge in [0.2, 0.25) is 0 Å². The van der Waals surface area contributed by atoms with Crippen molar-refractivity contribution in [3.63, 3.8) is 0 Å². The summed E-state index contributed by atoms with van der Waals surface area (Å²) in [6.45, 7) is 6.93. The Morgan fingerprint density at radius 3 is 2.80 bits per heavy atom. The van der Waals surface area contributed by atoms with Gasteiger partial charge in [-0.1, -0.05) is 30.3 Å². The van der Waals surface area contributed by atoms with Crippen LogP contribution in [0.2, 0.25) is 0 Å². The number of rotatable bonds is 8. The highest BCUT2D eigenvalue weighted by Gasteiger charge is 2.19. The maximum atomic E-state index is 12.8. The number of hydrogen-bond donors (Lipinski definition) is 3. The van der Waals surface area contributed by atoms with Crippen molar-refractivity contribution < 1.29 is 9.53 Å². The van der Waals surface area contributed by atoms with Gasteiger partial charge in [0.05, 0.1) is 42.7 Å². The molecule has 0 radical (unpaired) electrons. The number of imidazole rings is 2. The van der Waals surface area contributed by atoms with E-state index in [1.807, 2.05) is 47.7 Å². The largest absolute Gasteiger partial charge is 0.379 e. The molecule has 180 valence electrons. The summed E-state index contributed by atoms with van der Waals surface area (Å²) in [6, 6.07) is 13.2. The molecule has 1 aliphatic rings. The molecule has 10 nitrogen and oxygen atoms in total. The molecule has 1 aliphatic heterocycles. The number of fused-ring (bicyclic) bond motifs is 1. The molecule has 35 heavy (non-hydrogen) atoms. The number of aromatic amines is 1. The van der Waals surface area contributed by atoms with Crippen LogP contribution < -0.4 is 10.7 Å². The van der Waals surface area contributed by atoms with Crippen molar-refractivity contribution in [1.29, 1.82) is 0 Å². The number of morpholine rings is 1. The van der Waals surface area contributed by atoms with Crippen molar-refractivity contribution in [1.82, 2.24) is 29.7 Å². The van der Waals surface area contributed by atoms with Crippen molar-refractivity contribution in [2.24, 2.45) is 5.10 Å². The lowest BCUT2D eigenvalue weighted by atomic mass is 10.2. The summed E-state index contributed by atoms with van der Waals surface area (Å²) >= 11 is 0. The highest BCUT2D eigenvalue weighted by atomic mass is 16.5. The number of amides is 1. The number of nitrogens with one attached hydrogen (secondary N) is 3. The molecular weight excluding hydrogens is 444 g/mol. The first-order valence-corrected chi connectivity index (χ1v) is 11.6. The first kappa shape index (κ1) is 22.8. The van der Waals surface area contributed by atoms with E-state index in [1.165, 1.54) is 0 Å². The molecule has 4 aromatic rings. The van der Waals surface area contributed by atoms with Gasteiger partial charge in [0.1, 0.15) is 17.2 Å². The number of nitrogens with zero attached hydrogens (tertiary/aromatic N) is 5. The molecule has 3 aromatic heterocycles. The number of carbonyl (C=O) groups excluding carboxylic acids is 1. The van der Waals surface area contributed by atoms with Crippen LogP contribution in [0.15, 0.2) is 60.1 Å². The number of hydrogen-bond acceptors (Lipinski definition) is 7. The molecular formula is C25H28N8O2. The van der Waals surface area contributed by atoms with Crippen LogP contribution in [0, 0.1) is 6.92 Å². The van der Waals surface area contributed by atoms with Crippen LogP contribution in [0.3, 0.4) is 0 Å². The molecule has 0 aliphatic carbocycles. The number of pyridine rings is 1. The van der Waals surface area contributed by atoms with Gasteiger partial charge in [-0.25, -0.2) is 15.4 Å². The van der Waals surface area contributed by atoms with E-state index >= 15 is 0 Å². The normalized spacial score (nSPS) is 14.5. The smallest absolute Gasteiger partial charge is 0.272 e. The standard InChI is InChI=1S/C25H28N8O2/c1-18-22(28-17-27-18)23-24(26-9-10-32-11-13-35-14-12-32)33-16-20(7-8-21(33)30-23)25(34)31-29-15-19-5-3-2-4-6-19/h2-8,15-17,26H,9-14H2,1H3,(H,27,28)(H,31,34)/b29-15+. The number of H-pyrrole nitrogens is 1. The second-order valence-electron chi connectivity index (χ2n) is 8.31. The summed E-state index contributed by atoms with van der Waals surface area (Å²) in [5.74, 6) is 0.509. The van der Waals surface area contributed by atoms with Crippen molar-refractivity contribution in [3.05, 3.63) is 71.8 Å². The number of anilines is 1. The summed E-state index contributed by atoms with van der Waals surface area (Å²) in [5, 5.41) is 7.62. The zero-order valence-corrected chi connectivity index (χ0v) is 19.6. The molecule has 0 bridgehead atoms. The third-order valence-corrected chi connectivity index (χ3v) is 5.95. The maximum Gasteiger partial charge on any atom is 0.272 e. The Morgan fingerprint density at radius 1 is 1.20 bits per heavy atom. The Bertz CT molecular complexity index is 1320. The van der Waals surface area contributed by atoms with Crippen LogP contribution in [-0.2, 0) is 4.74 Å². The second kappa shape index (κ2) is 10.5. The van der Waals surface area contributed by atoms with Gasteiger partial charge in [-0.05, 0) is 24.6 Å². The minimum Gasteiger partial charge on any atom is -0.379 e. The van der Waals surface area contributed by atoms with Crippen LogP contribution in [0.5, 0.6) is 0 Å². The van der Waals surface area contributed by atoms with Crippen LogP contribution in [0.25, 0.3) is 17.0 Å². The first-order valence-electron chi connectivity index (χ1n) is 11.6. The van der Waals surface area contributed by atoms with Gasteiger partial charge >= 0.3 is 0 Å². The van der Waals surface area contributed by atoms with E-state index in [2.05, 4.69) is 30.7 Å². The number of aromatic nitrogens is 4. The average Bonchev–Trinajstić information content (AvgIpc) is 3.48. The quantitative estimate of drug-likeness (QED) is 0.268. The second-order valence-corrected chi connectivity index (χ2v) is 8.31. The average molecular weight is 473 g/mol. The van der Waals surface area contributed by atoms with E-state index in [1.54, 1.807) is 24.8 Å². The summed E-state index contributed by atoms with van der Waals surface area (Å²) in [6.07, 6.45) is 5.06. The fourth-order valence-electron chi connectivity index (χ4n) is 4.05. The first-order chi connectivity index (χ1) is 17.2. The van der Waals surface area contributed by atoms with E-state index in [0.29, 0.717) is 5.56 Å². The molecule has 5 rings (SSSR count). The van der Waals surface area contributed by atoms with Crippen molar-refractivity contribution in [2.75, 3.05) is 44.7 Å². The fourth-order valence-corrected chi connectivity index (χ4v) is 4.05. The summed E-state index contributed by atoms with van der Waals surface area (Å²) in [7, 11) is 0. The molecule has 4 heterocycles. The van der Waals surface area contributed by atoms with Gasteiger partial charge in [-0.2, -0.15) is 5.10 Å². The lowest BCUT2D eigenvalue weighted by Crippen LogP contribution is -2.39. The van der Waals surface area contributed by atoms with Gasteiger partial charge < -0.3 is 15.0 Å². The SMILES string of the molecule is Cc1nc[nH]c1-c1nc2ccc(C(=O)N/N=C/c3ccccc3)cn2c1NCCN1CCOCC1. The number of benzene rings is 1. The number of hydrazone groups is 1. The van der Waals surface area contributed by atoms with Crippen molar-refractivity contribution in [2.45, 2.75) is 6.92 Å². The Balaban J connectivity index is 1.39. The highest BCUT2D eigenvalue weighted by Crippen LogP contribution is 2.29. The third-order valence-electron chi connectivity index (χ3n) is 5.95. The van der Waals surface area contributed by atoms with E-state index in [4.69, 9.17) is 9.72 Å². The summed E-state index contributed by atoms with van der Waals surface area (Å²) in [4.78, 5) is 27.5. The van der Waals surface area contributed by atoms with Gasteiger partial charge in [0.25, 0.3) is 5.91 Å². The molecule has 1 fully saturated rings. The van der Waals surface area contributed by atoms with Crippen LogP contribution in [0.4, 0.5) is 5.82 Å². The van der Waals surface area contributed by atoms with Gasteiger partial charge in [-0.15, -0.1) is 0 Å². The van der Waals surface area contributed by atoms with Gasteiger partial charge in [-0.3, -0.25) is 14.1 Å². The molecule has 0 saturated carbocycles. The Labute approximate surface area is 203 Å². The number of carbonyl (C=O) groups is 1. The van der Waals surface area contributed by atoms with Crippen LogP contribution in [0.1, 0.15) is 21.6 Å². The molecule has 1 amide bonds. The topological polar surface area (TPSA) is 112 Å². The Hall–Kier alpha value is -4.02. The van der Waals surface area contributed by atoms with E-state index in [0.717, 1.165) is 73.5 Å². The number of aryl methyl sites for hydroxylation is 1. The zero-order chi connectivity index (χ0) is 24.0. The minimum atomic E-state index is -0.300. The molecule has 3 N–H and O–H groups in total. The lowest BCUT2D eigenvalue weighted by Gasteiger charge is -2.26. The predicted octanol–water partition coefficient (Wildman–Crippen LogP) is 2.54. The molecule has 1 saturated heterocycles. The third kappa shape index (κ3) is 5.23. The lowest BCUT2D eigenvalue weighted by molar-refractivity contribution is 0.0398. The predicted molar refractivity (Wildman–Crippen MR) is 135 cm³/mol. The van der Waals surface area contributed by atoms with E-state index in [-0.39, 0.29) is 5.91 Å². The molecule has 0 atom stereocenters. The van der Waals surface area contributed by atoms with Crippen LogP contribution in [-0.4, -0.2) is 75.8 Å². The summed E-state index contributed by atoms with van der Waals surface area (Å²) in [5.41, 5.74) is 7.19. The van der Waals surface area contributed by atoms with Gasteiger partial charge in [0, 0.05) is 32.4 Å². The van der Waals surface area contributed by atoms with E-state index in [9.17, 15) is 4.79 Å². The van der Waals surface area contributed by atoms with Crippen molar-refractivity contribution in [3.8, 4) is 11.4 Å². The molecule has 0 spiro atoms. The van der Waals surface area contributed by atoms with Gasteiger partial charge in [0.15, 0.2) is 0 Å². The molecule has 0 unspecified atom stereocenters. The Kier molecular flexibility index (Phi) is 6.82. The maximum absolute atomic E-state index is 12.8. The van der Waals surface area contributed by atoms with Crippen molar-refractivity contribution >= 4 is 23.6 Å². The molecule has 1 aromatic carbocycles. The Morgan fingerprint density at radius 2 is 2.03 bits per heavy atom. The monoisotopic (exact) mass is 472 g/mol. The zero-order valence-electron chi connectivity index (χ0n) is 19.6. The van der Waals surface area contributed by atoms with Crippen LogP contribution >= 0.6 is 0 Å². The highest BCUT2D eigenvalue weighted by molar-refractivity contribution is 5.95. The molecule has 10 heteroatoms. The number of ether oxygens (including phenoxy) is 1. The summed E-state index contributed by atoms with van der Waals surface area (Å²) < 4.78 is 7.35. The minimum absolute atomic E-state index is 0.300. The van der Waals surface area contributed by atoms with E-state index < -0.39 is 0 Å². The fraction of sp³-hybridized carbons (Fsp3) is 0.280.